The van der Waals surface area contributed by atoms with Crippen molar-refractivity contribution in [1.29, 1.82) is 0 Å². The number of carbonyl (C=O) groups excluding carboxylic acids is 1. The third kappa shape index (κ3) is 4.55. The van der Waals surface area contributed by atoms with Crippen molar-refractivity contribution >= 4 is 28.8 Å². The van der Waals surface area contributed by atoms with E-state index in [2.05, 4.69) is 20.7 Å². The maximum atomic E-state index is 13.2. The summed E-state index contributed by atoms with van der Waals surface area (Å²) >= 11 is 0. The number of hydrogen-bond donors (Lipinski definition) is 3. The van der Waals surface area contributed by atoms with Crippen LogP contribution < -0.4 is 16.2 Å². The molecule has 10 heteroatoms. The highest BCUT2D eigenvalue weighted by atomic mass is 16.5. The van der Waals surface area contributed by atoms with Gasteiger partial charge in [0.05, 0.1) is 30.0 Å². The fourth-order valence-electron chi connectivity index (χ4n) is 5.21. The normalized spacial score (nSPS) is 24.2. The number of Topliss-reactive ketones (excluding diaryl/α,β-unsaturated/α-hetero) is 1. The maximum Gasteiger partial charge on any atom is 0.274 e. The van der Waals surface area contributed by atoms with Crippen LogP contribution in [0.25, 0.3) is 5.65 Å². The molecule has 0 spiro atoms. The van der Waals surface area contributed by atoms with Crippen LogP contribution >= 0.6 is 0 Å². The third-order valence-electron chi connectivity index (χ3n) is 7.37. The van der Waals surface area contributed by atoms with Gasteiger partial charge in [0.15, 0.2) is 11.4 Å². The van der Waals surface area contributed by atoms with Gasteiger partial charge < -0.3 is 25.0 Å². The number of methoxy groups -OCH3 is 1. The van der Waals surface area contributed by atoms with Crippen molar-refractivity contribution in [3.05, 3.63) is 46.5 Å². The van der Waals surface area contributed by atoms with E-state index in [4.69, 9.17) is 4.74 Å². The van der Waals surface area contributed by atoms with E-state index in [1.807, 2.05) is 0 Å². The van der Waals surface area contributed by atoms with Crippen LogP contribution in [0.4, 0.5) is 17.3 Å². The first kappa shape index (κ1) is 23.5. The second-order valence-corrected chi connectivity index (χ2v) is 9.56. The van der Waals surface area contributed by atoms with E-state index < -0.39 is 6.10 Å². The van der Waals surface area contributed by atoms with E-state index >= 15 is 0 Å². The number of ketones is 1. The first-order valence-corrected chi connectivity index (χ1v) is 12.3. The topological polar surface area (TPSA) is 123 Å². The van der Waals surface area contributed by atoms with Gasteiger partial charge in [-0.1, -0.05) is 6.42 Å². The number of pyridine rings is 1. The van der Waals surface area contributed by atoms with Crippen LogP contribution in [0.2, 0.25) is 0 Å². The Bertz CT molecular complexity index is 1280. The monoisotopic (exact) mass is 480 g/mol. The minimum absolute atomic E-state index is 0.00879. The summed E-state index contributed by atoms with van der Waals surface area (Å²) in [6, 6.07) is 5.00. The molecule has 0 unspecified atom stereocenters. The highest BCUT2D eigenvalue weighted by molar-refractivity contribution is 6.01. The summed E-state index contributed by atoms with van der Waals surface area (Å²) < 4.78 is 8.69. The first-order chi connectivity index (χ1) is 17.0. The van der Waals surface area contributed by atoms with Crippen LogP contribution in [0.1, 0.15) is 61.3 Å². The van der Waals surface area contributed by atoms with Crippen molar-refractivity contribution < 1.29 is 14.6 Å². The Balaban J connectivity index is 1.43. The molecule has 3 aromatic heterocycles. The largest absolute Gasteiger partial charge is 0.391 e. The number of fused-ring (bicyclic) bond motifs is 1. The fraction of sp³-hybridized carbons (Fsp3) is 0.520. The van der Waals surface area contributed by atoms with E-state index in [1.165, 1.54) is 0 Å². The van der Waals surface area contributed by atoms with Crippen LogP contribution in [0.15, 0.2) is 35.4 Å². The second kappa shape index (κ2) is 9.79. The number of carbonyl (C=O) groups is 1. The predicted octanol–water partition coefficient (Wildman–Crippen LogP) is 3.15. The van der Waals surface area contributed by atoms with Crippen LogP contribution in [-0.4, -0.2) is 56.4 Å². The quantitative estimate of drug-likeness (QED) is 0.420. The third-order valence-corrected chi connectivity index (χ3v) is 7.37. The molecule has 0 bridgehead atoms. The van der Waals surface area contributed by atoms with E-state index in [1.54, 1.807) is 53.8 Å². The molecule has 35 heavy (non-hydrogen) atoms. The van der Waals surface area contributed by atoms with Gasteiger partial charge in [-0.15, -0.1) is 0 Å². The molecule has 2 aliphatic rings. The van der Waals surface area contributed by atoms with Crippen molar-refractivity contribution in [2.45, 2.75) is 63.2 Å². The zero-order valence-electron chi connectivity index (χ0n) is 20.1. The number of anilines is 3. The summed E-state index contributed by atoms with van der Waals surface area (Å²) in [6.45, 7) is 0. The van der Waals surface area contributed by atoms with Gasteiger partial charge in [-0.2, -0.15) is 9.61 Å². The second-order valence-electron chi connectivity index (χ2n) is 9.56. The number of aromatic nitrogens is 4. The molecule has 5 rings (SSSR count). The van der Waals surface area contributed by atoms with Gasteiger partial charge in [0.2, 0.25) is 0 Å². The molecule has 0 radical (unpaired) electrons. The van der Waals surface area contributed by atoms with Gasteiger partial charge in [-0.3, -0.25) is 9.59 Å². The first-order valence-electron chi connectivity index (χ1n) is 12.3. The summed E-state index contributed by atoms with van der Waals surface area (Å²) in [4.78, 5) is 30.9. The molecule has 0 aliphatic heterocycles. The molecule has 2 saturated carbocycles. The number of nitrogens with zero attached hydrogens (tertiary/aromatic N) is 4. The number of rotatable bonds is 8. The van der Waals surface area contributed by atoms with Gasteiger partial charge in [0.1, 0.15) is 17.3 Å². The molecule has 4 atom stereocenters. The Labute approximate surface area is 203 Å². The zero-order chi connectivity index (χ0) is 24.5. The zero-order valence-corrected chi connectivity index (χ0v) is 20.1. The molecular weight excluding hydrogens is 448 g/mol. The number of aliphatic hydroxyl groups is 1. The highest BCUT2D eigenvalue weighted by Gasteiger charge is 2.31. The lowest BCUT2D eigenvalue weighted by Crippen LogP contribution is -2.39. The van der Waals surface area contributed by atoms with Crippen LogP contribution in [0.5, 0.6) is 0 Å². The smallest absolute Gasteiger partial charge is 0.274 e. The van der Waals surface area contributed by atoms with Crippen LogP contribution in [0.3, 0.4) is 0 Å². The number of hydrogen-bond acceptors (Lipinski definition) is 8. The Kier molecular flexibility index (Phi) is 6.57. The van der Waals surface area contributed by atoms with E-state index in [0.29, 0.717) is 41.4 Å². The summed E-state index contributed by atoms with van der Waals surface area (Å²) in [5.74, 6) is 1.36. The molecular formula is C25H32N6O4. The SMILES string of the molecule is CNc1cc(Nc2cccn([C@H]3CC[C@H]3O)c2=O)nc2c(C(=O)C[C@@H]3CCC[C@@H](OC)C3)cnn12. The summed E-state index contributed by atoms with van der Waals surface area (Å²) in [5, 5.41) is 20.6. The fourth-order valence-corrected chi connectivity index (χ4v) is 5.21. The maximum absolute atomic E-state index is 13.2. The molecule has 0 amide bonds. The Morgan fingerprint density at radius 2 is 2.14 bits per heavy atom. The van der Waals surface area contributed by atoms with Crippen LogP contribution in [-0.2, 0) is 4.74 Å². The highest BCUT2D eigenvalue weighted by Crippen LogP contribution is 2.32. The van der Waals surface area contributed by atoms with Crippen molar-refractivity contribution in [1.82, 2.24) is 19.2 Å². The molecule has 3 N–H and O–H groups in total. The summed E-state index contributed by atoms with van der Waals surface area (Å²) in [5.41, 5.74) is 1.03. The van der Waals surface area contributed by atoms with Crippen molar-refractivity contribution in [3.8, 4) is 0 Å². The van der Waals surface area contributed by atoms with Gasteiger partial charge in [-0.25, -0.2) is 4.98 Å². The molecule has 3 heterocycles. The lowest BCUT2D eigenvalue weighted by Gasteiger charge is -2.34. The molecule has 0 aromatic carbocycles. The Hall–Kier alpha value is -3.24. The summed E-state index contributed by atoms with van der Waals surface area (Å²) in [6.07, 6.45) is 8.89. The van der Waals surface area contributed by atoms with Crippen LogP contribution in [0, 0.1) is 5.92 Å². The van der Waals surface area contributed by atoms with Gasteiger partial charge in [-0.05, 0) is 50.2 Å². The number of ether oxygens (including phenoxy) is 1. The average Bonchev–Trinajstić information content (AvgIpc) is 3.29. The van der Waals surface area contributed by atoms with Crippen molar-refractivity contribution in [2.75, 3.05) is 24.8 Å². The molecule has 0 saturated heterocycles. The Morgan fingerprint density at radius 1 is 1.29 bits per heavy atom. The average molecular weight is 481 g/mol. The molecule has 2 aliphatic carbocycles. The summed E-state index contributed by atoms with van der Waals surface area (Å²) in [7, 11) is 3.50. The Morgan fingerprint density at radius 3 is 2.86 bits per heavy atom. The lowest BCUT2D eigenvalue weighted by molar-refractivity contribution is 0.0300. The molecule has 3 aromatic rings. The molecule has 186 valence electrons. The van der Waals surface area contributed by atoms with E-state index in [9.17, 15) is 14.7 Å². The van der Waals surface area contributed by atoms with Crippen molar-refractivity contribution in [3.63, 3.8) is 0 Å². The molecule has 10 nitrogen and oxygen atoms in total. The molecule has 2 fully saturated rings. The lowest BCUT2D eigenvalue weighted by atomic mass is 9.83. The standard InChI is InChI=1S/C25H32N6O4/c1-26-23-13-22(28-18-7-4-10-30(25(18)34)19-8-9-20(19)32)29-24-17(14-27-31(23)24)21(33)12-15-5-3-6-16(11-15)35-2/h4,7,10,13-16,19-20,26,32H,3,5-6,8-9,11-12H2,1-2H3,(H,28,29)/t15-,16-,19+,20-/m1/s1. The minimum Gasteiger partial charge on any atom is -0.391 e. The van der Waals surface area contributed by atoms with Gasteiger partial charge in [0.25, 0.3) is 5.56 Å². The number of aliphatic hydroxyl groups excluding tert-OH is 1. The predicted molar refractivity (Wildman–Crippen MR) is 132 cm³/mol. The van der Waals surface area contributed by atoms with Gasteiger partial charge >= 0.3 is 0 Å². The minimum atomic E-state index is -0.503. The number of nitrogens with one attached hydrogen (secondary N) is 2. The van der Waals surface area contributed by atoms with E-state index in [0.717, 1.165) is 32.1 Å². The van der Waals surface area contributed by atoms with Crippen molar-refractivity contribution in [2.24, 2.45) is 5.92 Å². The van der Waals surface area contributed by atoms with Gasteiger partial charge in [0, 0.05) is 32.8 Å². The van der Waals surface area contributed by atoms with E-state index in [-0.39, 0.29) is 29.4 Å².